The number of thiocarbonyl (C=S) groups is 1. The highest BCUT2D eigenvalue weighted by molar-refractivity contribution is 7.87. The van der Waals surface area contributed by atoms with Gasteiger partial charge >= 0.3 is 0 Å². The second kappa shape index (κ2) is 7.13. The van der Waals surface area contributed by atoms with Gasteiger partial charge < -0.3 is 5.73 Å². The molecule has 0 saturated carbocycles. The SMILES string of the molecule is NC(=S)CN1CCC(NS(=O)(=O)N2CCCCC2)CC1. The second-order valence-corrected chi connectivity index (χ2v) is 7.83. The molecule has 2 fully saturated rings. The average Bonchev–Trinajstić information content (AvgIpc) is 2.41. The molecular formula is C12H24N4O2S2. The van der Waals surface area contributed by atoms with E-state index in [1.54, 1.807) is 4.31 Å². The van der Waals surface area contributed by atoms with E-state index in [2.05, 4.69) is 9.62 Å². The summed E-state index contributed by atoms with van der Waals surface area (Å²) >= 11 is 4.90. The summed E-state index contributed by atoms with van der Waals surface area (Å²) in [7, 11) is -3.31. The minimum Gasteiger partial charge on any atom is -0.392 e. The Labute approximate surface area is 126 Å². The minimum atomic E-state index is -3.31. The zero-order chi connectivity index (χ0) is 14.6. The van der Waals surface area contributed by atoms with Crippen LogP contribution < -0.4 is 10.5 Å². The molecule has 2 aliphatic rings. The lowest BCUT2D eigenvalue weighted by Gasteiger charge is -2.34. The first kappa shape index (κ1) is 16.1. The molecule has 20 heavy (non-hydrogen) atoms. The van der Waals surface area contributed by atoms with E-state index in [0.29, 0.717) is 24.6 Å². The van der Waals surface area contributed by atoms with Crippen molar-refractivity contribution in [1.82, 2.24) is 13.9 Å². The predicted molar refractivity (Wildman–Crippen MR) is 83.7 cm³/mol. The van der Waals surface area contributed by atoms with E-state index in [9.17, 15) is 8.42 Å². The normalized spacial score (nSPS) is 23.8. The van der Waals surface area contributed by atoms with Gasteiger partial charge in [0.15, 0.2) is 0 Å². The summed E-state index contributed by atoms with van der Waals surface area (Å²) in [6, 6.07) is 0.0320. The van der Waals surface area contributed by atoms with Crippen LogP contribution in [0.3, 0.4) is 0 Å². The number of nitrogens with two attached hydrogens (primary N) is 1. The summed E-state index contributed by atoms with van der Waals surface area (Å²) < 4.78 is 29.0. The summed E-state index contributed by atoms with van der Waals surface area (Å²) in [5, 5.41) is 0. The fourth-order valence-electron chi connectivity index (χ4n) is 2.82. The van der Waals surface area contributed by atoms with Crippen LogP contribution in [-0.2, 0) is 10.2 Å². The maximum atomic E-state index is 12.3. The van der Waals surface area contributed by atoms with Crippen molar-refractivity contribution in [2.24, 2.45) is 5.73 Å². The van der Waals surface area contributed by atoms with Gasteiger partial charge in [-0.2, -0.15) is 17.4 Å². The predicted octanol–water partition coefficient (Wildman–Crippen LogP) is 0.0572. The van der Waals surface area contributed by atoms with Gasteiger partial charge in [-0.3, -0.25) is 4.90 Å². The number of rotatable bonds is 5. The van der Waals surface area contributed by atoms with Crippen molar-refractivity contribution in [2.45, 2.75) is 38.1 Å². The molecule has 2 saturated heterocycles. The smallest absolute Gasteiger partial charge is 0.279 e. The van der Waals surface area contributed by atoms with Crippen LogP contribution in [0.5, 0.6) is 0 Å². The first-order valence-corrected chi connectivity index (χ1v) is 9.10. The van der Waals surface area contributed by atoms with Crippen LogP contribution in [0.15, 0.2) is 0 Å². The molecule has 0 bridgehead atoms. The molecule has 8 heteroatoms. The number of nitrogens with one attached hydrogen (secondary N) is 1. The molecule has 0 spiro atoms. The zero-order valence-corrected chi connectivity index (χ0v) is 13.4. The van der Waals surface area contributed by atoms with Crippen molar-refractivity contribution < 1.29 is 8.42 Å². The maximum absolute atomic E-state index is 12.3. The molecule has 0 atom stereocenters. The summed E-state index contributed by atoms with van der Waals surface area (Å²) in [4.78, 5) is 2.67. The molecule has 0 amide bonds. The lowest BCUT2D eigenvalue weighted by molar-refractivity contribution is 0.230. The second-order valence-electron chi connectivity index (χ2n) is 5.60. The Morgan fingerprint density at radius 2 is 1.75 bits per heavy atom. The number of likely N-dealkylation sites (tertiary alicyclic amines) is 1. The molecule has 0 aliphatic carbocycles. The number of hydrogen-bond donors (Lipinski definition) is 2. The maximum Gasteiger partial charge on any atom is 0.279 e. The van der Waals surface area contributed by atoms with Crippen LogP contribution in [-0.4, -0.2) is 61.4 Å². The molecule has 0 aromatic heterocycles. The van der Waals surface area contributed by atoms with Crippen molar-refractivity contribution >= 4 is 27.4 Å². The Morgan fingerprint density at radius 1 is 1.15 bits per heavy atom. The molecule has 0 aromatic carbocycles. The van der Waals surface area contributed by atoms with Crippen LogP contribution in [0.25, 0.3) is 0 Å². The van der Waals surface area contributed by atoms with E-state index in [-0.39, 0.29) is 6.04 Å². The lowest BCUT2D eigenvalue weighted by atomic mass is 10.1. The third-order valence-electron chi connectivity index (χ3n) is 3.94. The molecule has 116 valence electrons. The van der Waals surface area contributed by atoms with Crippen molar-refractivity contribution in [3.8, 4) is 0 Å². The summed E-state index contributed by atoms with van der Waals surface area (Å²) in [6.45, 7) is 3.60. The van der Waals surface area contributed by atoms with E-state index >= 15 is 0 Å². The molecule has 0 aromatic rings. The fourth-order valence-corrected chi connectivity index (χ4v) is 4.55. The van der Waals surface area contributed by atoms with E-state index in [4.69, 9.17) is 18.0 Å². The topological polar surface area (TPSA) is 78.7 Å². The first-order chi connectivity index (χ1) is 9.47. The van der Waals surface area contributed by atoms with Gasteiger partial charge in [-0.15, -0.1) is 0 Å². The highest BCUT2D eigenvalue weighted by Gasteiger charge is 2.28. The van der Waals surface area contributed by atoms with Crippen LogP contribution in [0.2, 0.25) is 0 Å². The molecule has 6 nitrogen and oxygen atoms in total. The van der Waals surface area contributed by atoms with Gasteiger partial charge in [0.25, 0.3) is 10.2 Å². The van der Waals surface area contributed by atoms with Crippen LogP contribution in [0.4, 0.5) is 0 Å². The average molecular weight is 320 g/mol. The fraction of sp³-hybridized carbons (Fsp3) is 0.917. The molecule has 3 N–H and O–H groups in total. The van der Waals surface area contributed by atoms with Gasteiger partial charge in [-0.1, -0.05) is 18.6 Å². The van der Waals surface area contributed by atoms with Crippen LogP contribution >= 0.6 is 12.2 Å². The largest absolute Gasteiger partial charge is 0.392 e. The quantitative estimate of drug-likeness (QED) is 0.700. The Balaban J connectivity index is 1.80. The number of hydrogen-bond acceptors (Lipinski definition) is 4. The Kier molecular flexibility index (Phi) is 5.74. The van der Waals surface area contributed by atoms with Gasteiger partial charge in [0.05, 0.1) is 4.99 Å². The lowest BCUT2D eigenvalue weighted by Crippen LogP contribution is -2.51. The monoisotopic (exact) mass is 320 g/mol. The molecule has 0 radical (unpaired) electrons. The van der Waals surface area contributed by atoms with Crippen molar-refractivity contribution in [1.29, 1.82) is 0 Å². The van der Waals surface area contributed by atoms with Crippen LogP contribution in [0.1, 0.15) is 32.1 Å². The van der Waals surface area contributed by atoms with Crippen LogP contribution in [0, 0.1) is 0 Å². The molecule has 2 rings (SSSR count). The minimum absolute atomic E-state index is 0.0320. The van der Waals surface area contributed by atoms with Crippen molar-refractivity contribution in [3.05, 3.63) is 0 Å². The van der Waals surface area contributed by atoms with Gasteiger partial charge in [-0.25, -0.2) is 0 Å². The highest BCUT2D eigenvalue weighted by atomic mass is 32.2. The van der Waals surface area contributed by atoms with Gasteiger partial charge in [-0.05, 0) is 25.7 Å². The summed E-state index contributed by atoms with van der Waals surface area (Å²) in [5.41, 5.74) is 5.53. The Bertz CT molecular complexity index is 427. The molecular weight excluding hydrogens is 296 g/mol. The van der Waals surface area contributed by atoms with Gasteiger partial charge in [0.1, 0.15) is 0 Å². The van der Waals surface area contributed by atoms with Gasteiger partial charge in [0.2, 0.25) is 0 Å². The third kappa shape index (κ3) is 4.63. The van der Waals surface area contributed by atoms with E-state index in [1.807, 2.05) is 0 Å². The van der Waals surface area contributed by atoms with E-state index < -0.39 is 10.2 Å². The number of piperidine rings is 2. The standard InChI is InChI=1S/C12H24N4O2S2/c13-12(19)10-15-8-4-11(5-9-15)14-20(17,18)16-6-2-1-3-7-16/h11,14H,1-10H2,(H2,13,19). The van der Waals surface area contributed by atoms with Gasteiger partial charge in [0, 0.05) is 38.8 Å². The summed E-state index contributed by atoms with van der Waals surface area (Å²) in [5.74, 6) is 0. The molecule has 2 heterocycles. The number of nitrogens with zero attached hydrogens (tertiary/aromatic N) is 2. The zero-order valence-electron chi connectivity index (χ0n) is 11.8. The molecule has 2 aliphatic heterocycles. The third-order valence-corrected chi connectivity index (χ3v) is 5.74. The van der Waals surface area contributed by atoms with Crippen molar-refractivity contribution in [2.75, 3.05) is 32.7 Å². The van der Waals surface area contributed by atoms with E-state index in [1.165, 1.54) is 0 Å². The van der Waals surface area contributed by atoms with Crippen molar-refractivity contribution in [3.63, 3.8) is 0 Å². The summed E-state index contributed by atoms with van der Waals surface area (Å²) in [6.07, 6.45) is 4.69. The Morgan fingerprint density at radius 3 is 2.30 bits per heavy atom. The first-order valence-electron chi connectivity index (χ1n) is 7.25. The highest BCUT2D eigenvalue weighted by Crippen LogP contribution is 2.15. The Hall–Kier alpha value is -0.280. The van der Waals surface area contributed by atoms with E-state index in [0.717, 1.165) is 45.2 Å². The molecule has 0 unspecified atom stereocenters.